The highest BCUT2D eigenvalue weighted by Gasteiger charge is 1.93. The number of hydrogen-bond donors (Lipinski definition) is 1. The van der Waals surface area contributed by atoms with Crippen molar-refractivity contribution < 1.29 is 4.79 Å². The summed E-state index contributed by atoms with van der Waals surface area (Å²) in [6, 6.07) is 10.1. The third kappa shape index (κ3) is 3.94. The molecule has 3 nitrogen and oxygen atoms in total. The van der Waals surface area contributed by atoms with Gasteiger partial charge in [0.25, 0.3) is 0 Å². The van der Waals surface area contributed by atoms with Gasteiger partial charge in [-0.25, -0.2) is 0 Å². The Kier molecular flexibility index (Phi) is 4.55. The van der Waals surface area contributed by atoms with Crippen molar-refractivity contribution >= 4 is 12.1 Å². The van der Waals surface area contributed by atoms with Gasteiger partial charge >= 0.3 is 0 Å². The molecule has 0 fully saturated rings. The van der Waals surface area contributed by atoms with Crippen molar-refractivity contribution in [1.29, 1.82) is 0 Å². The Balaban J connectivity index is 2.13. The number of carbonyl (C=O) groups excluding carboxylic acids is 1. The molecular weight excluding hydrogens is 176 g/mol. The molecule has 1 N–H and O–H groups in total. The third-order valence-corrected chi connectivity index (χ3v) is 1.97. The van der Waals surface area contributed by atoms with Crippen molar-refractivity contribution in [3.63, 3.8) is 0 Å². The van der Waals surface area contributed by atoms with Gasteiger partial charge in [-0.1, -0.05) is 18.2 Å². The highest BCUT2D eigenvalue weighted by Crippen LogP contribution is 2.04. The van der Waals surface area contributed by atoms with Crippen LogP contribution in [0.25, 0.3) is 0 Å². The molecule has 14 heavy (non-hydrogen) atoms. The Hall–Kier alpha value is -1.51. The number of nitrogens with zero attached hydrogens (tertiary/aromatic N) is 1. The fourth-order valence-electron chi connectivity index (χ4n) is 1.17. The van der Waals surface area contributed by atoms with Crippen molar-refractivity contribution in [2.45, 2.75) is 6.42 Å². The zero-order valence-corrected chi connectivity index (χ0v) is 8.44. The lowest BCUT2D eigenvalue weighted by atomic mass is 10.3. The average Bonchev–Trinajstić information content (AvgIpc) is 2.25. The largest absolute Gasteiger partial charge is 0.385 e. The van der Waals surface area contributed by atoms with E-state index in [0.717, 1.165) is 31.6 Å². The Morgan fingerprint density at radius 1 is 1.36 bits per heavy atom. The molecule has 0 aliphatic carbocycles. The van der Waals surface area contributed by atoms with Gasteiger partial charge in [0.15, 0.2) is 0 Å². The van der Waals surface area contributed by atoms with Gasteiger partial charge in [-0.3, -0.25) is 4.79 Å². The minimum Gasteiger partial charge on any atom is -0.385 e. The first-order valence-electron chi connectivity index (χ1n) is 4.77. The summed E-state index contributed by atoms with van der Waals surface area (Å²) in [4.78, 5) is 11.9. The van der Waals surface area contributed by atoms with Gasteiger partial charge in [-0.05, 0) is 18.6 Å². The predicted octanol–water partition coefficient (Wildman–Crippen LogP) is 1.58. The molecule has 0 saturated heterocycles. The van der Waals surface area contributed by atoms with Crippen LogP contribution in [0.1, 0.15) is 6.42 Å². The topological polar surface area (TPSA) is 32.3 Å². The summed E-state index contributed by atoms with van der Waals surface area (Å²) in [7, 11) is 1.79. The summed E-state index contributed by atoms with van der Waals surface area (Å²) in [6.07, 6.45) is 1.81. The molecule has 0 atom stereocenters. The number of benzene rings is 1. The second-order valence-electron chi connectivity index (χ2n) is 3.23. The first kappa shape index (κ1) is 10.6. The third-order valence-electron chi connectivity index (χ3n) is 1.97. The van der Waals surface area contributed by atoms with E-state index in [9.17, 15) is 4.79 Å². The van der Waals surface area contributed by atoms with Gasteiger partial charge in [0.2, 0.25) is 6.41 Å². The van der Waals surface area contributed by atoms with Gasteiger partial charge in [0, 0.05) is 25.8 Å². The van der Waals surface area contributed by atoms with Gasteiger partial charge in [-0.2, -0.15) is 0 Å². The quantitative estimate of drug-likeness (QED) is 0.548. The summed E-state index contributed by atoms with van der Waals surface area (Å²) in [5.41, 5.74) is 1.13. The van der Waals surface area contributed by atoms with Crippen molar-refractivity contribution in [1.82, 2.24) is 4.90 Å². The van der Waals surface area contributed by atoms with Crippen LogP contribution in [0.3, 0.4) is 0 Å². The van der Waals surface area contributed by atoms with Crippen molar-refractivity contribution in [3.05, 3.63) is 30.3 Å². The minimum atomic E-state index is 0.795. The van der Waals surface area contributed by atoms with E-state index < -0.39 is 0 Å². The van der Waals surface area contributed by atoms with E-state index >= 15 is 0 Å². The predicted molar refractivity (Wildman–Crippen MR) is 58.2 cm³/mol. The van der Waals surface area contributed by atoms with Gasteiger partial charge in [0.05, 0.1) is 0 Å². The number of amides is 1. The minimum absolute atomic E-state index is 0.795. The maximum Gasteiger partial charge on any atom is 0.209 e. The van der Waals surface area contributed by atoms with E-state index in [1.54, 1.807) is 11.9 Å². The smallest absolute Gasteiger partial charge is 0.209 e. The molecule has 0 heterocycles. The fourth-order valence-corrected chi connectivity index (χ4v) is 1.17. The van der Waals surface area contributed by atoms with Crippen LogP contribution in [0, 0.1) is 0 Å². The second-order valence-corrected chi connectivity index (χ2v) is 3.23. The number of rotatable bonds is 6. The first-order chi connectivity index (χ1) is 6.83. The lowest BCUT2D eigenvalue weighted by molar-refractivity contribution is -0.117. The molecule has 0 aliphatic rings. The van der Waals surface area contributed by atoms with Crippen LogP contribution in [-0.4, -0.2) is 31.4 Å². The normalized spacial score (nSPS) is 9.50. The van der Waals surface area contributed by atoms with E-state index in [-0.39, 0.29) is 0 Å². The lowest BCUT2D eigenvalue weighted by Crippen LogP contribution is -2.19. The number of para-hydroxylation sites is 1. The van der Waals surface area contributed by atoms with Crippen LogP contribution in [0.15, 0.2) is 30.3 Å². The summed E-state index contributed by atoms with van der Waals surface area (Å²) in [5, 5.41) is 3.28. The standard InChI is InChI=1S/C11H16N2O/c1-13(10-14)9-5-8-12-11-6-3-2-4-7-11/h2-4,6-7,10,12H,5,8-9H2,1H3. The Morgan fingerprint density at radius 2 is 2.07 bits per heavy atom. The molecular formula is C11H16N2O. The van der Waals surface area contributed by atoms with E-state index in [2.05, 4.69) is 5.32 Å². The molecule has 1 aromatic rings. The Morgan fingerprint density at radius 3 is 2.71 bits per heavy atom. The average molecular weight is 192 g/mol. The molecule has 0 aliphatic heterocycles. The molecule has 0 spiro atoms. The summed E-state index contributed by atoms with van der Waals surface area (Å²) >= 11 is 0. The molecule has 0 radical (unpaired) electrons. The zero-order chi connectivity index (χ0) is 10.2. The van der Waals surface area contributed by atoms with Crippen molar-refractivity contribution in [3.8, 4) is 0 Å². The van der Waals surface area contributed by atoms with Crippen LogP contribution in [0.2, 0.25) is 0 Å². The highest BCUT2D eigenvalue weighted by atomic mass is 16.1. The summed E-state index contributed by atoms with van der Waals surface area (Å²) in [6.45, 7) is 1.69. The monoisotopic (exact) mass is 192 g/mol. The van der Waals surface area contributed by atoms with E-state index in [1.165, 1.54) is 0 Å². The Bertz CT molecular complexity index is 261. The zero-order valence-electron chi connectivity index (χ0n) is 8.44. The number of nitrogens with one attached hydrogen (secondary N) is 1. The molecule has 1 rings (SSSR count). The van der Waals surface area contributed by atoms with Crippen LogP contribution in [0.4, 0.5) is 5.69 Å². The summed E-state index contributed by atoms with van der Waals surface area (Å²) < 4.78 is 0. The maximum atomic E-state index is 10.3. The van der Waals surface area contributed by atoms with E-state index in [0.29, 0.717) is 0 Å². The fraction of sp³-hybridized carbons (Fsp3) is 0.364. The van der Waals surface area contributed by atoms with Gasteiger partial charge in [-0.15, -0.1) is 0 Å². The van der Waals surface area contributed by atoms with E-state index in [4.69, 9.17) is 0 Å². The molecule has 0 unspecified atom stereocenters. The molecule has 3 heteroatoms. The SMILES string of the molecule is CN(C=O)CCCNc1ccccc1. The highest BCUT2D eigenvalue weighted by molar-refractivity contribution is 5.46. The summed E-state index contributed by atoms with van der Waals surface area (Å²) in [5.74, 6) is 0. The lowest BCUT2D eigenvalue weighted by Gasteiger charge is -2.10. The Labute approximate surface area is 84.7 Å². The van der Waals surface area contributed by atoms with Gasteiger partial charge in [0.1, 0.15) is 0 Å². The van der Waals surface area contributed by atoms with Gasteiger partial charge < -0.3 is 10.2 Å². The second kappa shape index (κ2) is 6.02. The first-order valence-corrected chi connectivity index (χ1v) is 4.77. The number of anilines is 1. The number of hydrogen-bond acceptors (Lipinski definition) is 2. The van der Waals surface area contributed by atoms with Crippen LogP contribution >= 0.6 is 0 Å². The molecule has 0 saturated carbocycles. The van der Waals surface area contributed by atoms with Crippen LogP contribution in [-0.2, 0) is 4.79 Å². The van der Waals surface area contributed by atoms with E-state index in [1.807, 2.05) is 30.3 Å². The number of carbonyl (C=O) groups is 1. The molecule has 76 valence electrons. The maximum absolute atomic E-state index is 10.3. The van der Waals surface area contributed by atoms with Crippen molar-refractivity contribution in [2.24, 2.45) is 0 Å². The molecule has 1 aromatic carbocycles. The molecule has 0 aromatic heterocycles. The van der Waals surface area contributed by atoms with Crippen LogP contribution < -0.4 is 5.32 Å². The van der Waals surface area contributed by atoms with Crippen molar-refractivity contribution in [2.75, 3.05) is 25.5 Å². The van der Waals surface area contributed by atoms with Crippen LogP contribution in [0.5, 0.6) is 0 Å². The molecule has 1 amide bonds. The molecule has 0 bridgehead atoms.